The van der Waals surface area contributed by atoms with Gasteiger partial charge in [-0.15, -0.1) is 5.10 Å². The highest BCUT2D eigenvalue weighted by molar-refractivity contribution is 6.00. The Labute approximate surface area is 155 Å². The van der Waals surface area contributed by atoms with Gasteiger partial charge in [0.05, 0.1) is 6.54 Å². The van der Waals surface area contributed by atoms with E-state index in [1.54, 1.807) is 17.9 Å². The molecule has 0 aliphatic carbocycles. The lowest BCUT2D eigenvalue weighted by Gasteiger charge is -2.19. The van der Waals surface area contributed by atoms with Crippen LogP contribution in [-0.4, -0.2) is 49.2 Å². The molecular weight excluding hydrogens is 346 g/mol. The Balaban J connectivity index is 1.43. The normalized spacial score (nSPS) is 16.7. The molecule has 2 amide bonds. The maximum atomic E-state index is 12.6. The second kappa shape index (κ2) is 7.02. The van der Waals surface area contributed by atoms with Crippen LogP contribution in [0.4, 0.5) is 5.95 Å². The number of fused-ring (bicyclic) bond motifs is 1. The molecule has 1 aromatic carbocycles. The molecule has 27 heavy (non-hydrogen) atoms. The third-order valence-corrected chi connectivity index (χ3v) is 4.51. The molecule has 1 atom stereocenters. The summed E-state index contributed by atoms with van der Waals surface area (Å²) in [5.41, 5.74) is 1.06. The van der Waals surface area contributed by atoms with E-state index in [-0.39, 0.29) is 11.7 Å². The zero-order valence-corrected chi connectivity index (χ0v) is 14.8. The molecule has 2 aromatic heterocycles. The summed E-state index contributed by atoms with van der Waals surface area (Å²) in [6.07, 6.45) is 5.46. The smallest absolute Gasteiger partial charge is 0.291 e. The molecule has 3 heterocycles. The first-order chi connectivity index (χ1) is 13.1. The third kappa shape index (κ3) is 3.43. The minimum atomic E-state index is -0.648. The molecule has 1 N–H and O–H groups in total. The fraction of sp³-hybridized carbons (Fsp3) is 0.278. The van der Waals surface area contributed by atoms with Crippen LogP contribution < -0.4 is 10.2 Å². The van der Waals surface area contributed by atoms with Gasteiger partial charge in [-0.1, -0.05) is 30.3 Å². The summed E-state index contributed by atoms with van der Waals surface area (Å²) in [4.78, 5) is 34.9. The minimum Gasteiger partial charge on any atom is -0.337 e. The fourth-order valence-corrected chi connectivity index (χ4v) is 3.10. The molecule has 138 valence electrons. The van der Waals surface area contributed by atoms with E-state index in [2.05, 4.69) is 20.4 Å². The van der Waals surface area contributed by atoms with Crippen molar-refractivity contribution in [2.75, 3.05) is 11.9 Å². The van der Waals surface area contributed by atoms with Crippen LogP contribution in [0.1, 0.15) is 22.6 Å². The number of carbonyl (C=O) groups is 2. The van der Waals surface area contributed by atoms with Crippen molar-refractivity contribution in [2.45, 2.75) is 25.6 Å². The van der Waals surface area contributed by atoms with Gasteiger partial charge in [-0.2, -0.15) is 0 Å². The summed E-state index contributed by atoms with van der Waals surface area (Å²) in [6.45, 7) is 1.11. The van der Waals surface area contributed by atoms with Crippen LogP contribution in [-0.2, 0) is 17.9 Å². The summed E-state index contributed by atoms with van der Waals surface area (Å²) in [6, 6.07) is 9.13. The highest BCUT2D eigenvalue weighted by atomic mass is 16.2. The van der Waals surface area contributed by atoms with Crippen molar-refractivity contribution in [2.24, 2.45) is 0 Å². The maximum Gasteiger partial charge on any atom is 0.291 e. The van der Waals surface area contributed by atoms with Crippen molar-refractivity contribution >= 4 is 17.8 Å². The number of imidazole rings is 1. The number of nitrogens with zero attached hydrogens (tertiary/aromatic N) is 6. The summed E-state index contributed by atoms with van der Waals surface area (Å²) in [7, 11) is 1.65. The number of rotatable bonds is 4. The maximum absolute atomic E-state index is 12.6. The van der Waals surface area contributed by atoms with Crippen molar-refractivity contribution in [3.63, 3.8) is 0 Å². The number of anilines is 1. The van der Waals surface area contributed by atoms with Crippen molar-refractivity contribution in [1.82, 2.24) is 29.6 Å². The first kappa shape index (κ1) is 17.0. The van der Waals surface area contributed by atoms with Gasteiger partial charge in [-0.3, -0.25) is 14.5 Å². The van der Waals surface area contributed by atoms with Gasteiger partial charge in [-0.05, 0) is 12.0 Å². The van der Waals surface area contributed by atoms with E-state index in [0.717, 1.165) is 5.56 Å². The lowest BCUT2D eigenvalue weighted by Crippen LogP contribution is -2.47. The predicted octanol–water partition coefficient (Wildman–Crippen LogP) is 0.688. The highest BCUT2D eigenvalue weighted by Crippen LogP contribution is 2.17. The van der Waals surface area contributed by atoms with Gasteiger partial charge < -0.3 is 9.88 Å². The van der Waals surface area contributed by atoms with E-state index in [1.807, 2.05) is 41.1 Å². The number of carbonyl (C=O) groups excluding carboxylic acids is 2. The third-order valence-electron chi connectivity index (χ3n) is 4.51. The van der Waals surface area contributed by atoms with E-state index in [0.29, 0.717) is 25.5 Å². The lowest BCUT2D eigenvalue weighted by atomic mass is 10.2. The summed E-state index contributed by atoms with van der Waals surface area (Å²) >= 11 is 0. The van der Waals surface area contributed by atoms with Crippen LogP contribution in [0.5, 0.6) is 0 Å². The largest absolute Gasteiger partial charge is 0.337 e. The molecule has 0 saturated heterocycles. The number of nitrogens with one attached hydrogen (secondary N) is 1. The average Bonchev–Trinajstić information content (AvgIpc) is 3.32. The Hall–Kier alpha value is -3.49. The van der Waals surface area contributed by atoms with Crippen LogP contribution in [0.3, 0.4) is 0 Å². The monoisotopic (exact) mass is 365 g/mol. The molecular formula is C18H19N7O2. The molecule has 9 heteroatoms. The Morgan fingerprint density at radius 3 is 2.89 bits per heavy atom. The minimum absolute atomic E-state index is 0.0448. The second-order valence-electron chi connectivity index (χ2n) is 6.38. The van der Waals surface area contributed by atoms with Crippen molar-refractivity contribution in [1.29, 1.82) is 0 Å². The van der Waals surface area contributed by atoms with E-state index in [4.69, 9.17) is 0 Å². The van der Waals surface area contributed by atoms with Crippen molar-refractivity contribution < 1.29 is 9.59 Å². The highest BCUT2D eigenvalue weighted by Gasteiger charge is 2.30. The zero-order chi connectivity index (χ0) is 18.8. The summed E-state index contributed by atoms with van der Waals surface area (Å²) in [5, 5.41) is 6.97. The Morgan fingerprint density at radius 1 is 1.26 bits per heavy atom. The molecule has 1 unspecified atom stereocenters. The van der Waals surface area contributed by atoms with Crippen LogP contribution in [0.25, 0.3) is 0 Å². The molecule has 9 nitrogen and oxygen atoms in total. The first-order valence-electron chi connectivity index (χ1n) is 8.65. The fourth-order valence-electron chi connectivity index (χ4n) is 3.10. The number of likely N-dealkylation sites (N-methyl/N-ethyl adjacent to an activating group) is 1. The van der Waals surface area contributed by atoms with Gasteiger partial charge in [-0.25, -0.2) is 14.6 Å². The first-order valence-corrected chi connectivity index (χ1v) is 8.65. The zero-order valence-electron chi connectivity index (χ0n) is 14.8. The lowest BCUT2D eigenvalue weighted by molar-refractivity contribution is -0.120. The molecule has 0 spiro atoms. The number of amides is 2. The van der Waals surface area contributed by atoms with Crippen LogP contribution in [0, 0.1) is 0 Å². The molecule has 0 radical (unpaired) electrons. The quantitative estimate of drug-likeness (QED) is 0.733. The van der Waals surface area contributed by atoms with Crippen LogP contribution in [0.15, 0.2) is 49.1 Å². The number of aromatic nitrogens is 5. The molecule has 0 bridgehead atoms. The topological polar surface area (TPSA) is 97.9 Å². The van der Waals surface area contributed by atoms with Gasteiger partial charge in [0.1, 0.15) is 12.4 Å². The van der Waals surface area contributed by atoms with Crippen LogP contribution in [0.2, 0.25) is 0 Å². The average molecular weight is 365 g/mol. The van der Waals surface area contributed by atoms with Gasteiger partial charge in [0.15, 0.2) is 0 Å². The molecule has 1 aliphatic rings. The summed E-state index contributed by atoms with van der Waals surface area (Å²) in [5.74, 6) is -0.0597. The standard InChI is InChI=1S/C18H19N7O2/c1-23-17(27)14(7-9-24-10-8-19-18(23)24)21-16(26)15-20-12-25(22-15)11-13-5-3-2-4-6-13/h2-6,8,10,12,14H,7,9,11H2,1H3,(H,21,26). The molecule has 1 aliphatic heterocycles. The Bertz CT molecular complexity index is 963. The van der Waals surface area contributed by atoms with E-state index in [9.17, 15) is 9.59 Å². The number of hydrogen-bond donors (Lipinski definition) is 1. The van der Waals surface area contributed by atoms with Gasteiger partial charge in [0.2, 0.25) is 11.8 Å². The molecule has 3 aromatic rings. The van der Waals surface area contributed by atoms with E-state index >= 15 is 0 Å². The van der Waals surface area contributed by atoms with Crippen molar-refractivity contribution in [3.05, 3.63) is 60.4 Å². The van der Waals surface area contributed by atoms with Gasteiger partial charge in [0, 0.05) is 26.0 Å². The van der Waals surface area contributed by atoms with Gasteiger partial charge in [0.25, 0.3) is 11.8 Å². The summed E-state index contributed by atoms with van der Waals surface area (Å²) < 4.78 is 3.48. The second-order valence-corrected chi connectivity index (χ2v) is 6.38. The molecule has 0 saturated carbocycles. The van der Waals surface area contributed by atoms with Crippen LogP contribution >= 0.6 is 0 Å². The predicted molar refractivity (Wildman–Crippen MR) is 97.1 cm³/mol. The van der Waals surface area contributed by atoms with E-state index < -0.39 is 11.9 Å². The molecule has 0 fully saturated rings. The number of aryl methyl sites for hydroxylation is 1. The Morgan fingerprint density at radius 2 is 2.07 bits per heavy atom. The molecule has 4 rings (SSSR count). The SMILES string of the molecule is CN1C(=O)C(NC(=O)c2ncn(Cc3ccccc3)n2)CCn2ccnc21. The number of hydrogen-bond acceptors (Lipinski definition) is 5. The van der Waals surface area contributed by atoms with E-state index in [1.165, 1.54) is 11.2 Å². The van der Waals surface area contributed by atoms with Crippen molar-refractivity contribution in [3.8, 4) is 0 Å². The number of benzene rings is 1. The Kier molecular flexibility index (Phi) is 4.41. The van der Waals surface area contributed by atoms with Gasteiger partial charge >= 0.3 is 0 Å².